The highest BCUT2D eigenvalue weighted by Crippen LogP contribution is 2.07. The van der Waals surface area contributed by atoms with Crippen molar-refractivity contribution in [2.24, 2.45) is 5.92 Å². The Labute approximate surface area is 140 Å². The highest BCUT2D eigenvalue weighted by Gasteiger charge is 2.08. The molecule has 6 nitrogen and oxygen atoms in total. The summed E-state index contributed by atoms with van der Waals surface area (Å²) in [4.78, 5) is 13.8. The zero-order valence-corrected chi connectivity index (χ0v) is 14.8. The van der Waals surface area contributed by atoms with Crippen molar-refractivity contribution in [1.82, 2.24) is 10.2 Å². The van der Waals surface area contributed by atoms with Crippen molar-refractivity contribution in [2.45, 2.75) is 33.1 Å². The summed E-state index contributed by atoms with van der Waals surface area (Å²) in [6, 6.07) is 0. The molecule has 23 heavy (non-hydrogen) atoms. The lowest BCUT2D eigenvalue weighted by Gasteiger charge is -2.26. The molecule has 0 aromatic heterocycles. The Kier molecular flexibility index (Phi) is 12.1. The van der Waals surface area contributed by atoms with Crippen LogP contribution >= 0.6 is 0 Å². The molecule has 1 saturated heterocycles. The van der Waals surface area contributed by atoms with Crippen LogP contribution in [0.4, 0.5) is 0 Å². The fourth-order valence-corrected chi connectivity index (χ4v) is 2.37. The number of carbonyl (C=O) groups excluding carboxylic acids is 1. The van der Waals surface area contributed by atoms with Crippen molar-refractivity contribution >= 4 is 5.91 Å². The minimum Gasteiger partial charge on any atom is -0.378 e. The van der Waals surface area contributed by atoms with Gasteiger partial charge in [0, 0.05) is 19.0 Å². The second-order valence-corrected chi connectivity index (χ2v) is 6.19. The summed E-state index contributed by atoms with van der Waals surface area (Å²) < 4.78 is 16.4. The number of amides is 1. The van der Waals surface area contributed by atoms with Gasteiger partial charge in [-0.15, -0.1) is 0 Å². The Hall–Kier alpha value is -0.690. The molecule has 136 valence electrons. The molecule has 1 rings (SSSR count). The van der Waals surface area contributed by atoms with Gasteiger partial charge in [-0.25, -0.2) is 0 Å². The quantitative estimate of drug-likeness (QED) is 0.516. The molecule has 1 fully saturated rings. The number of hydrogen-bond donors (Lipinski definition) is 1. The van der Waals surface area contributed by atoms with E-state index in [1.54, 1.807) is 0 Å². The monoisotopic (exact) mass is 330 g/mol. The van der Waals surface area contributed by atoms with E-state index in [1.165, 1.54) is 32.4 Å². The number of piperidine rings is 1. The lowest BCUT2D eigenvalue weighted by atomic mass is 10.1. The van der Waals surface area contributed by atoms with Crippen LogP contribution in [0.25, 0.3) is 0 Å². The molecule has 0 bridgehead atoms. The van der Waals surface area contributed by atoms with E-state index in [0.29, 0.717) is 39.6 Å². The van der Waals surface area contributed by atoms with Crippen LogP contribution in [0.2, 0.25) is 0 Å². The fraction of sp³-hybridized carbons (Fsp3) is 0.941. The van der Waals surface area contributed by atoms with Gasteiger partial charge in [0.15, 0.2) is 0 Å². The number of rotatable bonds is 13. The number of nitrogens with one attached hydrogen (secondary N) is 1. The molecule has 1 heterocycles. The van der Waals surface area contributed by atoms with Crippen molar-refractivity contribution in [2.75, 3.05) is 65.8 Å². The Morgan fingerprint density at radius 1 is 0.913 bits per heavy atom. The maximum atomic E-state index is 11.3. The van der Waals surface area contributed by atoms with E-state index in [9.17, 15) is 4.79 Å². The largest absolute Gasteiger partial charge is 0.378 e. The number of carbonyl (C=O) groups is 1. The van der Waals surface area contributed by atoms with E-state index in [4.69, 9.17) is 14.2 Å². The van der Waals surface area contributed by atoms with Crippen LogP contribution in [0.1, 0.15) is 33.1 Å². The second-order valence-electron chi connectivity index (χ2n) is 6.19. The first-order chi connectivity index (χ1) is 11.2. The number of nitrogens with zero attached hydrogens (tertiary/aromatic N) is 1. The molecule has 1 amide bonds. The minimum absolute atomic E-state index is 0.0215. The molecule has 0 unspecified atom stereocenters. The molecule has 0 saturated carbocycles. The van der Waals surface area contributed by atoms with E-state index in [2.05, 4.69) is 10.2 Å². The van der Waals surface area contributed by atoms with E-state index in [1.807, 2.05) is 13.8 Å². The molecule has 6 heteroatoms. The molecule has 0 aromatic carbocycles. The van der Waals surface area contributed by atoms with Gasteiger partial charge in [0.05, 0.1) is 39.6 Å². The van der Waals surface area contributed by atoms with Crippen molar-refractivity contribution in [1.29, 1.82) is 0 Å². The zero-order chi connectivity index (χ0) is 16.8. The summed E-state index contributed by atoms with van der Waals surface area (Å²) in [5.41, 5.74) is 0. The minimum atomic E-state index is 0.0215. The van der Waals surface area contributed by atoms with Crippen LogP contribution in [-0.4, -0.2) is 76.6 Å². The molecule has 0 aliphatic carbocycles. The molecule has 0 spiro atoms. The maximum absolute atomic E-state index is 11.3. The van der Waals surface area contributed by atoms with Gasteiger partial charge in [0.25, 0.3) is 0 Å². The van der Waals surface area contributed by atoms with Gasteiger partial charge < -0.3 is 24.4 Å². The van der Waals surface area contributed by atoms with Gasteiger partial charge in [-0.1, -0.05) is 20.3 Å². The highest BCUT2D eigenvalue weighted by atomic mass is 16.5. The van der Waals surface area contributed by atoms with Gasteiger partial charge in [-0.05, 0) is 25.9 Å². The van der Waals surface area contributed by atoms with Crippen molar-refractivity contribution in [3.8, 4) is 0 Å². The van der Waals surface area contributed by atoms with Crippen molar-refractivity contribution in [3.63, 3.8) is 0 Å². The molecule has 0 atom stereocenters. The van der Waals surface area contributed by atoms with E-state index < -0.39 is 0 Å². The van der Waals surface area contributed by atoms with Crippen LogP contribution in [0.15, 0.2) is 0 Å². The number of ether oxygens (including phenoxy) is 3. The summed E-state index contributed by atoms with van der Waals surface area (Å²) >= 11 is 0. The SMILES string of the molecule is CC(C)C(=O)NCCOCCOCCOCCN1CCCCC1. The predicted molar refractivity (Wildman–Crippen MR) is 90.6 cm³/mol. The Morgan fingerprint density at radius 3 is 2.09 bits per heavy atom. The smallest absolute Gasteiger partial charge is 0.222 e. The second kappa shape index (κ2) is 13.7. The third kappa shape index (κ3) is 11.5. The van der Waals surface area contributed by atoms with Gasteiger partial charge >= 0.3 is 0 Å². The summed E-state index contributed by atoms with van der Waals surface area (Å²) in [6.07, 6.45) is 4.02. The molecule has 0 aromatic rings. The molecular formula is C17H34N2O4. The van der Waals surface area contributed by atoms with Crippen LogP contribution < -0.4 is 5.32 Å². The molecular weight excluding hydrogens is 296 g/mol. The maximum Gasteiger partial charge on any atom is 0.222 e. The summed E-state index contributed by atoms with van der Waals surface area (Å²) in [5, 5.41) is 2.81. The Morgan fingerprint density at radius 2 is 1.48 bits per heavy atom. The molecule has 1 aliphatic heterocycles. The van der Waals surface area contributed by atoms with E-state index in [0.717, 1.165) is 13.2 Å². The van der Waals surface area contributed by atoms with Gasteiger partial charge in [0.2, 0.25) is 5.91 Å². The summed E-state index contributed by atoms with van der Waals surface area (Å²) in [6.45, 7) is 11.4. The zero-order valence-electron chi connectivity index (χ0n) is 14.8. The first-order valence-electron chi connectivity index (χ1n) is 8.93. The first kappa shape index (κ1) is 20.4. The average Bonchev–Trinajstić information content (AvgIpc) is 2.56. The van der Waals surface area contributed by atoms with Crippen molar-refractivity contribution < 1.29 is 19.0 Å². The normalized spacial score (nSPS) is 16.0. The number of likely N-dealkylation sites (tertiary alicyclic amines) is 1. The Balaban J connectivity index is 1.73. The average molecular weight is 330 g/mol. The van der Waals surface area contributed by atoms with Crippen LogP contribution in [0.3, 0.4) is 0 Å². The predicted octanol–water partition coefficient (Wildman–Crippen LogP) is 1.29. The third-order valence-corrected chi connectivity index (χ3v) is 3.81. The molecule has 1 N–H and O–H groups in total. The lowest BCUT2D eigenvalue weighted by Crippen LogP contribution is -2.32. The summed E-state index contributed by atoms with van der Waals surface area (Å²) in [7, 11) is 0. The first-order valence-corrected chi connectivity index (χ1v) is 8.93. The van der Waals surface area contributed by atoms with Crippen LogP contribution in [-0.2, 0) is 19.0 Å². The van der Waals surface area contributed by atoms with E-state index in [-0.39, 0.29) is 11.8 Å². The van der Waals surface area contributed by atoms with Gasteiger partial charge in [0.1, 0.15) is 0 Å². The summed E-state index contributed by atoms with van der Waals surface area (Å²) in [5.74, 6) is 0.0831. The Bertz CT molecular complexity index is 294. The fourth-order valence-electron chi connectivity index (χ4n) is 2.37. The van der Waals surface area contributed by atoms with Crippen LogP contribution in [0, 0.1) is 5.92 Å². The lowest BCUT2D eigenvalue weighted by molar-refractivity contribution is -0.124. The topological polar surface area (TPSA) is 60.0 Å². The number of hydrogen-bond acceptors (Lipinski definition) is 5. The van der Waals surface area contributed by atoms with Crippen LogP contribution in [0.5, 0.6) is 0 Å². The van der Waals surface area contributed by atoms with Gasteiger partial charge in [-0.2, -0.15) is 0 Å². The van der Waals surface area contributed by atoms with Crippen molar-refractivity contribution in [3.05, 3.63) is 0 Å². The standard InChI is InChI=1S/C17H34N2O4/c1-16(2)17(20)18-6-10-21-12-14-23-15-13-22-11-9-19-7-4-3-5-8-19/h16H,3-15H2,1-2H3,(H,18,20). The molecule has 1 aliphatic rings. The third-order valence-electron chi connectivity index (χ3n) is 3.81. The highest BCUT2D eigenvalue weighted by molar-refractivity contribution is 5.77. The molecule has 0 radical (unpaired) electrons. The van der Waals surface area contributed by atoms with Gasteiger partial charge in [-0.3, -0.25) is 4.79 Å². The van der Waals surface area contributed by atoms with E-state index >= 15 is 0 Å².